The number of hydrogen-bond acceptors (Lipinski definition) is 5. The van der Waals surface area contributed by atoms with E-state index in [9.17, 15) is 10.1 Å². The number of nitrogens with zero attached hydrogens (tertiary/aromatic N) is 2. The van der Waals surface area contributed by atoms with Gasteiger partial charge in [-0.3, -0.25) is 0 Å². The first-order valence-corrected chi connectivity index (χ1v) is 8.37. The van der Waals surface area contributed by atoms with E-state index >= 15 is 0 Å². The first kappa shape index (κ1) is 17.3. The minimum Gasteiger partial charge on any atom is -0.462 e. The van der Waals surface area contributed by atoms with E-state index in [2.05, 4.69) is 11.1 Å². The lowest BCUT2D eigenvalue weighted by Crippen LogP contribution is -2.09. The molecule has 6 heteroatoms. The van der Waals surface area contributed by atoms with Gasteiger partial charge in [0.2, 0.25) is 0 Å². The monoisotopic (exact) mass is 346 g/mol. The van der Waals surface area contributed by atoms with Crippen molar-refractivity contribution in [2.45, 2.75) is 24.6 Å². The molecule has 0 spiro atoms. The minimum absolute atomic E-state index is 0.285. The van der Waals surface area contributed by atoms with Crippen LogP contribution < -0.4 is 0 Å². The maximum Gasteiger partial charge on any atom is 0.340 e. The number of benzene rings is 1. The van der Waals surface area contributed by atoms with Crippen molar-refractivity contribution in [3.8, 4) is 6.07 Å². The molecule has 2 rings (SSSR count). The van der Waals surface area contributed by atoms with Gasteiger partial charge in [0.25, 0.3) is 0 Å². The number of aryl methyl sites for hydroxylation is 1. The molecule has 0 unspecified atom stereocenters. The molecule has 0 bridgehead atoms. The molecular weight excluding hydrogens is 332 g/mol. The Morgan fingerprint density at radius 3 is 2.70 bits per heavy atom. The van der Waals surface area contributed by atoms with Gasteiger partial charge < -0.3 is 4.74 Å². The number of carbonyl (C=O) groups excluding carboxylic acids is 1. The summed E-state index contributed by atoms with van der Waals surface area (Å²) in [5.74, 6) is 0.208. The maximum atomic E-state index is 11.9. The normalized spacial score (nSPS) is 10.2. The zero-order chi connectivity index (χ0) is 16.8. The number of rotatable bonds is 5. The fourth-order valence-corrected chi connectivity index (χ4v) is 3.00. The molecule has 4 nitrogen and oxygen atoms in total. The van der Waals surface area contributed by atoms with Gasteiger partial charge in [0.1, 0.15) is 11.1 Å². The van der Waals surface area contributed by atoms with Crippen LogP contribution in [0.4, 0.5) is 0 Å². The van der Waals surface area contributed by atoms with Crippen LogP contribution in [0.2, 0.25) is 5.02 Å². The lowest BCUT2D eigenvalue weighted by atomic mass is 10.1. The lowest BCUT2D eigenvalue weighted by molar-refractivity contribution is 0.0524. The second-order valence-electron chi connectivity index (χ2n) is 4.72. The van der Waals surface area contributed by atoms with Crippen molar-refractivity contribution in [2.75, 3.05) is 6.61 Å². The van der Waals surface area contributed by atoms with Crippen LogP contribution in [-0.2, 0) is 10.5 Å². The molecular formula is C17H15ClN2O2S. The topological polar surface area (TPSA) is 63.0 Å². The molecule has 0 fully saturated rings. The van der Waals surface area contributed by atoms with Crippen LogP contribution in [0, 0.1) is 18.3 Å². The largest absolute Gasteiger partial charge is 0.462 e. The van der Waals surface area contributed by atoms with Crippen LogP contribution >= 0.6 is 23.4 Å². The van der Waals surface area contributed by atoms with Crippen LogP contribution in [0.15, 0.2) is 35.4 Å². The average molecular weight is 347 g/mol. The number of thioether (sulfide) groups is 1. The second-order valence-corrected chi connectivity index (χ2v) is 6.12. The summed E-state index contributed by atoms with van der Waals surface area (Å²) in [6.07, 6.45) is 0. The number of ether oxygens (including phenoxy) is 1. The molecule has 0 N–H and O–H groups in total. The molecule has 0 saturated carbocycles. The van der Waals surface area contributed by atoms with Crippen molar-refractivity contribution in [3.05, 3.63) is 57.7 Å². The van der Waals surface area contributed by atoms with Gasteiger partial charge in [-0.2, -0.15) is 5.26 Å². The first-order valence-electron chi connectivity index (χ1n) is 7.01. The highest BCUT2D eigenvalue weighted by atomic mass is 35.5. The smallest absolute Gasteiger partial charge is 0.340 e. The molecule has 0 radical (unpaired) electrons. The third-order valence-corrected chi connectivity index (χ3v) is 4.40. The van der Waals surface area contributed by atoms with Crippen molar-refractivity contribution >= 4 is 29.3 Å². The zero-order valence-electron chi connectivity index (χ0n) is 12.8. The Morgan fingerprint density at radius 1 is 1.39 bits per heavy atom. The average Bonchev–Trinajstić information content (AvgIpc) is 2.54. The van der Waals surface area contributed by atoms with E-state index in [0.717, 1.165) is 5.56 Å². The molecule has 118 valence electrons. The summed E-state index contributed by atoms with van der Waals surface area (Å²) in [5, 5.41) is 10.6. The Kier molecular flexibility index (Phi) is 6.03. The predicted molar refractivity (Wildman–Crippen MR) is 90.7 cm³/mol. The van der Waals surface area contributed by atoms with Gasteiger partial charge in [0.05, 0.1) is 23.4 Å². The quantitative estimate of drug-likeness (QED) is 0.593. The van der Waals surface area contributed by atoms with Crippen molar-refractivity contribution < 1.29 is 9.53 Å². The highest BCUT2D eigenvalue weighted by Crippen LogP contribution is 2.26. The number of pyridine rings is 1. The Bertz CT molecular complexity index is 754. The summed E-state index contributed by atoms with van der Waals surface area (Å²) >= 11 is 7.31. The number of nitriles is 1. The van der Waals surface area contributed by atoms with Gasteiger partial charge >= 0.3 is 5.97 Å². The second kappa shape index (κ2) is 8.00. The number of halogens is 1. The number of carbonyl (C=O) groups is 1. The molecule has 2 aromatic rings. The molecule has 0 amide bonds. The summed E-state index contributed by atoms with van der Waals surface area (Å²) in [6.45, 7) is 3.76. The van der Waals surface area contributed by atoms with Gasteiger partial charge in [-0.1, -0.05) is 23.7 Å². The fourth-order valence-electron chi connectivity index (χ4n) is 1.92. The third-order valence-electron chi connectivity index (χ3n) is 3.08. The highest BCUT2D eigenvalue weighted by molar-refractivity contribution is 7.98. The molecule has 0 atom stereocenters. The molecule has 0 aliphatic carbocycles. The highest BCUT2D eigenvalue weighted by Gasteiger charge is 2.16. The van der Waals surface area contributed by atoms with Gasteiger partial charge in [-0.25, -0.2) is 9.78 Å². The Labute approximate surface area is 144 Å². The van der Waals surface area contributed by atoms with Crippen molar-refractivity contribution in [2.24, 2.45) is 0 Å². The van der Waals surface area contributed by atoms with E-state index in [1.165, 1.54) is 11.8 Å². The van der Waals surface area contributed by atoms with Crippen LogP contribution in [0.1, 0.15) is 34.1 Å². The van der Waals surface area contributed by atoms with Crippen LogP contribution in [0.3, 0.4) is 0 Å². The number of hydrogen-bond donors (Lipinski definition) is 0. The summed E-state index contributed by atoms with van der Waals surface area (Å²) in [4.78, 5) is 16.3. The van der Waals surface area contributed by atoms with Gasteiger partial charge in [-0.15, -0.1) is 11.8 Å². The van der Waals surface area contributed by atoms with Gasteiger partial charge in [-0.05, 0) is 37.6 Å². The predicted octanol–water partition coefficient (Wildman–Crippen LogP) is 4.38. The number of esters is 1. The molecule has 1 aromatic carbocycles. The van der Waals surface area contributed by atoms with Crippen LogP contribution in [-0.4, -0.2) is 17.6 Å². The van der Waals surface area contributed by atoms with E-state index in [1.807, 2.05) is 24.3 Å². The standard InChI is InChI=1S/C17H15ClN2O2S/c1-3-22-17(21)15-8-13(9-19)16(20-11(15)2)23-10-12-4-6-14(18)7-5-12/h4-8H,3,10H2,1-2H3. The molecule has 1 heterocycles. The molecule has 0 saturated heterocycles. The third kappa shape index (κ3) is 4.47. The minimum atomic E-state index is -0.455. The lowest BCUT2D eigenvalue weighted by Gasteiger charge is -2.09. The summed E-state index contributed by atoms with van der Waals surface area (Å²) in [5.41, 5.74) is 2.34. The first-order chi connectivity index (χ1) is 11.0. The van der Waals surface area contributed by atoms with Crippen molar-refractivity contribution in [1.29, 1.82) is 5.26 Å². The van der Waals surface area contributed by atoms with E-state index < -0.39 is 5.97 Å². The molecule has 1 aromatic heterocycles. The Balaban J connectivity index is 2.22. The van der Waals surface area contributed by atoms with E-state index in [4.69, 9.17) is 16.3 Å². The Morgan fingerprint density at radius 2 is 2.09 bits per heavy atom. The van der Waals surface area contributed by atoms with E-state index in [0.29, 0.717) is 32.6 Å². The van der Waals surface area contributed by atoms with E-state index in [1.54, 1.807) is 19.9 Å². The molecule has 23 heavy (non-hydrogen) atoms. The van der Waals surface area contributed by atoms with Crippen LogP contribution in [0.5, 0.6) is 0 Å². The van der Waals surface area contributed by atoms with Crippen LogP contribution in [0.25, 0.3) is 0 Å². The molecule has 0 aliphatic rings. The summed E-state index contributed by atoms with van der Waals surface area (Å²) in [6, 6.07) is 11.2. The summed E-state index contributed by atoms with van der Waals surface area (Å²) in [7, 11) is 0. The summed E-state index contributed by atoms with van der Waals surface area (Å²) < 4.78 is 4.98. The fraction of sp³-hybridized carbons (Fsp3) is 0.235. The Hall–Kier alpha value is -2.03. The maximum absolute atomic E-state index is 11.9. The number of aromatic nitrogens is 1. The van der Waals surface area contributed by atoms with E-state index in [-0.39, 0.29) is 6.61 Å². The SMILES string of the molecule is CCOC(=O)c1cc(C#N)c(SCc2ccc(Cl)cc2)nc1C. The zero-order valence-corrected chi connectivity index (χ0v) is 14.4. The van der Waals surface area contributed by atoms with Crippen molar-refractivity contribution in [1.82, 2.24) is 4.98 Å². The van der Waals surface area contributed by atoms with Gasteiger partial charge in [0.15, 0.2) is 0 Å². The molecule has 0 aliphatic heterocycles. The van der Waals surface area contributed by atoms with Crippen molar-refractivity contribution in [3.63, 3.8) is 0 Å². The van der Waals surface area contributed by atoms with Gasteiger partial charge in [0, 0.05) is 10.8 Å².